The number of anilines is 1. The van der Waals surface area contributed by atoms with E-state index in [1.165, 1.54) is 12.1 Å². The van der Waals surface area contributed by atoms with Gasteiger partial charge in [-0.3, -0.25) is 14.5 Å². The van der Waals surface area contributed by atoms with Crippen LogP contribution in [0.15, 0.2) is 30.0 Å². The maximum absolute atomic E-state index is 12.4. The Hall–Kier alpha value is -2.48. The van der Waals surface area contributed by atoms with Gasteiger partial charge in [0.15, 0.2) is 0 Å². The average molecular weight is 312 g/mol. The minimum absolute atomic E-state index is 0.0681. The lowest BCUT2D eigenvalue weighted by atomic mass is 10.2. The Morgan fingerprint density at radius 1 is 1.36 bits per heavy atom. The van der Waals surface area contributed by atoms with Crippen molar-refractivity contribution in [2.45, 2.75) is 13.5 Å². The van der Waals surface area contributed by atoms with E-state index in [1.54, 1.807) is 13.0 Å². The summed E-state index contributed by atoms with van der Waals surface area (Å²) in [5.74, 6) is -1.34. The zero-order valence-electron chi connectivity index (χ0n) is 11.7. The number of nitrogens with one attached hydrogen (secondary N) is 1. The number of halogens is 2. The predicted octanol–water partition coefficient (Wildman–Crippen LogP) is 1.25. The number of aryl methyl sites for hydroxylation is 1. The number of ether oxygens (including phenoxy) is 1. The Balaban J connectivity index is 2.22. The van der Waals surface area contributed by atoms with E-state index in [2.05, 4.69) is 10.1 Å². The fourth-order valence-electron chi connectivity index (χ4n) is 1.98. The number of carbonyl (C=O) groups excluding carboxylic acids is 2. The summed E-state index contributed by atoms with van der Waals surface area (Å²) in [6.07, 6.45) is 1.05. The molecule has 1 heterocycles. The van der Waals surface area contributed by atoms with Gasteiger partial charge in [-0.15, -0.1) is 0 Å². The highest BCUT2D eigenvalue weighted by molar-refractivity contribution is 6.17. The monoisotopic (exact) mass is 312 g/mol. The topological polar surface area (TPSA) is 78.9 Å². The number of imide groups is 1. The van der Waals surface area contributed by atoms with Gasteiger partial charge in [0.1, 0.15) is 11.4 Å². The summed E-state index contributed by atoms with van der Waals surface area (Å²) in [7, 11) is 0. The molecule has 22 heavy (non-hydrogen) atoms. The average Bonchev–Trinajstić information content (AvgIpc) is 2.69. The van der Waals surface area contributed by atoms with Crippen LogP contribution in [0.1, 0.15) is 5.56 Å². The van der Waals surface area contributed by atoms with Gasteiger partial charge in [0, 0.05) is 6.08 Å². The molecule has 1 aromatic carbocycles. The van der Waals surface area contributed by atoms with Gasteiger partial charge in [-0.05, 0) is 24.6 Å². The molecule has 0 bridgehead atoms. The smallest absolute Gasteiger partial charge is 0.387 e. The SMILES string of the molecule is Cc1ccc(NC2=CC(=O)N(CCO)C2=O)c(OC(F)F)c1. The van der Waals surface area contributed by atoms with Crippen LogP contribution >= 0.6 is 0 Å². The number of alkyl halides is 2. The van der Waals surface area contributed by atoms with Crippen molar-refractivity contribution in [3.8, 4) is 5.75 Å². The predicted molar refractivity (Wildman–Crippen MR) is 73.3 cm³/mol. The van der Waals surface area contributed by atoms with Gasteiger partial charge >= 0.3 is 6.61 Å². The molecule has 0 aliphatic carbocycles. The largest absolute Gasteiger partial charge is 0.433 e. The third-order valence-electron chi connectivity index (χ3n) is 2.96. The zero-order valence-corrected chi connectivity index (χ0v) is 11.7. The van der Waals surface area contributed by atoms with Crippen LogP contribution in [-0.2, 0) is 9.59 Å². The lowest BCUT2D eigenvalue weighted by Gasteiger charge is -2.15. The van der Waals surface area contributed by atoms with Crippen LogP contribution in [0.5, 0.6) is 5.75 Å². The molecule has 0 fully saturated rings. The van der Waals surface area contributed by atoms with Crippen LogP contribution in [0.25, 0.3) is 0 Å². The van der Waals surface area contributed by atoms with E-state index >= 15 is 0 Å². The molecule has 2 N–H and O–H groups in total. The Bertz CT molecular complexity index is 631. The van der Waals surface area contributed by atoms with Gasteiger partial charge in [0.05, 0.1) is 18.8 Å². The minimum atomic E-state index is -3.01. The molecular formula is C14H14F2N2O4. The number of hydrogen-bond acceptors (Lipinski definition) is 5. The number of amides is 2. The highest BCUT2D eigenvalue weighted by Gasteiger charge is 2.31. The molecule has 8 heteroatoms. The quantitative estimate of drug-likeness (QED) is 0.773. The van der Waals surface area contributed by atoms with Crippen molar-refractivity contribution < 1.29 is 28.2 Å². The number of carbonyl (C=O) groups is 2. The molecule has 118 valence electrons. The maximum Gasteiger partial charge on any atom is 0.387 e. The summed E-state index contributed by atoms with van der Waals surface area (Å²) < 4.78 is 29.3. The molecule has 0 unspecified atom stereocenters. The van der Waals surface area contributed by atoms with Crippen molar-refractivity contribution in [1.82, 2.24) is 4.90 Å². The summed E-state index contributed by atoms with van der Waals surface area (Å²) in [6.45, 7) is -1.80. The first-order valence-corrected chi connectivity index (χ1v) is 6.43. The van der Waals surface area contributed by atoms with Gasteiger partial charge in [0.2, 0.25) is 0 Å². The molecule has 6 nitrogen and oxygen atoms in total. The second kappa shape index (κ2) is 6.52. The van der Waals surface area contributed by atoms with Crippen molar-refractivity contribution in [2.75, 3.05) is 18.5 Å². The van der Waals surface area contributed by atoms with E-state index in [-0.39, 0.29) is 30.3 Å². The van der Waals surface area contributed by atoms with Crippen LogP contribution in [0.4, 0.5) is 14.5 Å². The molecular weight excluding hydrogens is 298 g/mol. The fraction of sp³-hybridized carbons (Fsp3) is 0.286. The van der Waals surface area contributed by atoms with Gasteiger partial charge in [0.25, 0.3) is 11.8 Å². The summed E-state index contributed by atoms with van der Waals surface area (Å²) in [4.78, 5) is 24.5. The molecule has 0 radical (unpaired) electrons. The van der Waals surface area contributed by atoms with Gasteiger partial charge in [-0.2, -0.15) is 8.78 Å². The second-order valence-electron chi connectivity index (χ2n) is 4.58. The lowest BCUT2D eigenvalue weighted by Crippen LogP contribution is -2.34. The fourth-order valence-corrected chi connectivity index (χ4v) is 1.98. The summed E-state index contributed by atoms with van der Waals surface area (Å²) in [5, 5.41) is 11.4. The van der Waals surface area contributed by atoms with Crippen molar-refractivity contribution in [3.63, 3.8) is 0 Å². The summed E-state index contributed by atoms with van der Waals surface area (Å²) in [5.41, 5.74) is 0.775. The number of benzene rings is 1. The number of rotatable bonds is 6. The molecule has 2 amide bonds. The first kappa shape index (κ1) is 15.9. The van der Waals surface area contributed by atoms with E-state index in [1.807, 2.05) is 0 Å². The summed E-state index contributed by atoms with van der Waals surface area (Å²) in [6, 6.07) is 4.51. The molecule has 1 aliphatic rings. The number of aliphatic hydroxyl groups is 1. The molecule has 0 spiro atoms. The minimum Gasteiger partial charge on any atom is -0.433 e. The molecule has 0 saturated carbocycles. The number of β-amino-alcohol motifs (C(OH)–C–C–N with tert-alkyl or cyclic N) is 1. The van der Waals surface area contributed by atoms with E-state index in [0.717, 1.165) is 11.0 Å². The van der Waals surface area contributed by atoms with Crippen LogP contribution < -0.4 is 10.1 Å². The number of hydrogen-bond donors (Lipinski definition) is 2. The molecule has 2 rings (SSSR count). The molecule has 0 aromatic heterocycles. The van der Waals surface area contributed by atoms with Crippen molar-refractivity contribution >= 4 is 17.5 Å². The first-order chi connectivity index (χ1) is 10.4. The van der Waals surface area contributed by atoms with E-state index in [0.29, 0.717) is 5.56 Å². The highest BCUT2D eigenvalue weighted by Crippen LogP contribution is 2.29. The maximum atomic E-state index is 12.4. The van der Waals surface area contributed by atoms with Crippen LogP contribution in [-0.4, -0.2) is 41.6 Å². The standard InChI is InChI=1S/C14H14F2N2O4/c1-8-2-3-9(11(6-8)22-14(15)16)17-10-7-12(20)18(4-5-19)13(10)21/h2-3,6-7,14,17,19H,4-5H2,1H3. The Morgan fingerprint density at radius 2 is 2.09 bits per heavy atom. The Kier molecular flexibility index (Phi) is 4.71. The number of nitrogens with zero attached hydrogens (tertiary/aromatic N) is 1. The molecule has 1 aromatic rings. The normalized spacial score (nSPS) is 14.6. The number of aliphatic hydroxyl groups excluding tert-OH is 1. The van der Waals surface area contributed by atoms with E-state index in [9.17, 15) is 18.4 Å². The van der Waals surface area contributed by atoms with Crippen molar-refractivity contribution in [3.05, 3.63) is 35.5 Å². The Labute approximate surface area is 125 Å². The lowest BCUT2D eigenvalue weighted by molar-refractivity contribution is -0.137. The van der Waals surface area contributed by atoms with E-state index in [4.69, 9.17) is 5.11 Å². The second-order valence-corrected chi connectivity index (χ2v) is 4.58. The Morgan fingerprint density at radius 3 is 2.73 bits per heavy atom. The molecule has 1 aliphatic heterocycles. The third-order valence-corrected chi connectivity index (χ3v) is 2.96. The highest BCUT2D eigenvalue weighted by atomic mass is 19.3. The van der Waals surface area contributed by atoms with Crippen molar-refractivity contribution in [2.24, 2.45) is 0 Å². The van der Waals surface area contributed by atoms with Gasteiger partial charge in [-0.1, -0.05) is 6.07 Å². The molecule has 0 atom stereocenters. The third kappa shape index (κ3) is 3.40. The van der Waals surface area contributed by atoms with E-state index < -0.39 is 18.4 Å². The van der Waals surface area contributed by atoms with Crippen LogP contribution in [0.3, 0.4) is 0 Å². The van der Waals surface area contributed by atoms with Crippen molar-refractivity contribution in [1.29, 1.82) is 0 Å². The summed E-state index contributed by atoms with van der Waals surface area (Å²) >= 11 is 0. The van der Waals surface area contributed by atoms with Crippen LogP contribution in [0.2, 0.25) is 0 Å². The first-order valence-electron chi connectivity index (χ1n) is 6.43. The van der Waals surface area contributed by atoms with Crippen LogP contribution in [0, 0.1) is 6.92 Å². The zero-order chi connectivity index (χ0) is 16.3. The molecule has 0 saturated heterocycles. The van der Waals surface area contributed by atoms with Gasteiger partial charge in [-0.25, -0.2) is 0 Å². The van der Waals surface area contributed by atoms with Gasteiger partial charge < -0.3 is 15.2 Å².